The van der Waals surface area contributed by atoms with Gasteiger partial charge in [-0.15, -0.1) is 0 Å². The second-order valence-electron chi connectivity index (χ2n) is 5.04. The lowest BCUT2D eigenvalue weighted by atomic mass is 10.1. The number of carbonyl (C=O) groups excluding carboxylic acids is 1. The highest BCUT2D eigenvalue weighted by atomic mass is 16.3. The predicted molar refractivity (Wildman–Crippen MR) is 84.5 cm³/mol. The molecule has 3 rings (SSSR count). The molecule has 6 heteroatoms. The van der Waals surface area contributed by atoms with Gasteiger partial charge in [-0.2, -0.15) is 5.10 Å². The lowest BCUT2D eigenvalue weighted by Crippen LogP contribution is -2.10. The molecule has 6 nitrogen and oxygen atoms in total. The van der Waals surface area contributed by atoms with Crippen LogP contribution >= 0.6 is 0 Å². The molecule has 0 saturated heterocycles. The number of fused-ring (bicyclic) bond motifs is 1. The zero-order valence-electron chi connectivity index (χ0n) is 12.1. The standard InChI is InChI=1S/C16H16N4O2/c1-2-3-15(22)18-16-12-6-4-10(8-13(12)19-20-16)11-5-7-14(21)17-9-11/h4-9H,2-3H2,1H3,(H,17,21)(H2,18,19,20,22). The molecule has 1 aromatic carbocycles. The first-order valence-electron chi connectivity index (χ1n) is 7.10. The van der Waals surface area contributed by atoms with E-state index >= 15 is 0 Å². The third-order valence-electron chi connectivity index (χ3n) is 3.38. The summed E-state index contributed by atoms with van der Waals surface area (Å²) >= 11 is 0. The summed E-state index contributed by atoms with van der Waals surface area (Å²) in [6.45, 7) is 1.96. The third kappa shape index (κ3) is 2.76. The molecular formula is C16H16N4O2. The van der Waals surface area contributed by atoms with Crippen LogP contribution in [0.25, 0.3) is 22.0 Å². The Kier molecular flexibility index (Phi) is 3.74. The normalized spacial score (nSPS) is 10.8. The number of pyridine rings is 1. The van der Waals surface area contributed by atoms with Crippen LogP contribution in [0.5, 0.6) is 5.88 Å². The van der Waals surface area contributed by atoms with E-state index in [1.165, 1.54) is 0 Å². The predicted octanol–water partition coefficient (Wildman–Crippen LogP) is 3.07. The molecule has 1 amide bonds. The van der Waals surface area contributed by atoms with Crippen molar-refractivity contribution in [1.82, 2.24) is 15.2 Å². The molecule has 0 unspecified atom stereocenters. The molecule has 0 bridgehead atoms. The Morgan fingerprint density at radius 1 is 1.27 bits per heavy atom. The van der Waals surface area contributed by atoms with Crippen molar-refractivity contribution in [1.29, 1.82) is 0 Å². The van der Waals surface area contributed by atoms with Gasteiger partial charge >= 0.3 is 0 Å². The highest BCUT2D eigenvalue weighted by Crippen LogP contribution is 2.27. The number of hydrogen-bond acceptors (Lipinski definition) is 4. The maximum Gasteiger partial charge on any atom is 0.225 e. The van der Waals surface area contributed by atoms with Gasteiger partial charge in [0.15, 0.2) is 5.82 Å². The first-order valence-corrected chi connectivity index (χ1v) is 7.10. The minimum atomic E-state index is -0.0392. The molecule has 2 aromatic heterocycles. The molecule has 0 saturated carbocycles. The fourth-order valence-electron chi connectivity index (χ4n) is 2.27. The molecule has 0 aliphatic heterocycles. The van der Waals surface area contributed by atoms with Crippen LogP contribution in [0.15, 0.2) is 36.5 Å². The number of anilines is 1. The summed E-state index contributed by atoms with van der Waals surface area (Å²) in [5.74, 6) is 0.499. The van der Waals surface area contributed by atoms with E-state index < -0.39 is 0 Å². The van der Waals surface area contributed by atoms with Crippen LogP contribution in [0.2, 0.25) is 0 Å². The second-order valence-corrected chi connectivity index (χ2v) is 5.04. The van der Waals surface area contributed by atoms with Gasteiger partial charge in [-0.05, 0) is 30.2 Å². The lowest BCUT2D eigenvalue weighted by Gasteiger charge is -2.03. The summed E-state index contributed by atoms with van der Waals surface area (Å²) in [6, 6.07) is 9.11. The van der Waals surface area contributed by atoms with E-state index in [0.717, 1.165) is 28.5 Å². The number of nitrogens with zero attached hydrogens (tertiary/aromatic N) is 2. The minimum Gasteiger partial charge on any atom is -0.493 e. The molecule has 0 aliphatic rings. The van der Waals surface area contributed by atoms with Crippen molar-refractivity contribution in [3.63, 3.8) is 0 Å². The van der Waals surface area contributed by atoms with E-state index in [4.69, 9.17) is 0 Å². The first-order chi connectivity index (χ1) is 10.7. The van der Waals surface area contributed by atoms with Crippen molar-refractivity contribution in [2.45, 2.75) is 19.8 Å². The van der Waals surface area contributed by atoms with E-state index in [2.05, 4.69) is 20.5 Å². The van der Waals surface area contributed by atoms with E-state index in [1.807, 2.05) is 25.1 Å². The molecular weight excluding hydrogens is 280 g/mol. The number of hydrogen-bond donors (Lipinski definition) is 3. The van der Waals surface area contributed by atoms with Crippen molar-refractivity contribution < 1.29 is 9.90 Å². The van der Waals surface area contributed by atoms with Gasteiger partial charge in [0.1, 0.15) is 0 Å². The number of aromatic amines is 1. The van der Waals surface area contributed by atoms with Gasteiger partial charge in [-0.3, -0.25) is 9.89 Å². The average molecular weight is 296 g/mol. The van der Waals surface area contributed by atoms with E-state index in [0.29, 0.717) is 12.2 Å². The van der Waals surface area contributed by atoms with Crippen LogP contribution in [-0.2, 0) is 4.79 Å². The number of nitrogens with one attached hydrogen (secondary N) is 2. The summed E-state index contributed by atoms with van der Waals surface area (Å²) in [5.41, 5.74) is 2.68. The van der Waals surface area contributed by atoms with Crippen molar-refractivity contribution in [3.05, 3.63) is 36.5 Å². The fraction of sp³-hybridized carbons (Fsp3) is 0.188. The zero-order valence-corrected chi connectivity index (χ0v) is 12.1. The number of H-pyrrole nitrogens is 1. The fourth-order valence-corrected chi connectivity index (χ4v) is 2.27. The van der Waals surface area contributed by atoms with Crippen molar-refractivity contribution in [3.8, 4) is 17.0 Å². The van der Waals surface area contributed by atoms with Crippen molar-refractivity contribution >= 4 is 22.6 Å². The van der Waals surface area contributed by atoms with Crippen LogP contribution < -0.4 is 5.32 Å². The minimum absolute atomic E-state index is 0.00714. The maximum atomic E-state index is 11.7. The number of aromatic nitrogens is 3. The Bertz CT molecular complexity index is 809. The first kappa shape index (κ1) is 14.1. The molecule has 0 spiro atoms. The maximum absolute atomic E-state index is 11.7. The Balaban J connectivity index is 1.92. The van der Waals surface area contributed by atoms with Gasteiger partial charge in [0, 0.05) is 29.6 Å². The Labute approximate surface area is 127 Å². The molecule has 3 aromatic rings. The van der Waals surface area contributed by atoms with E-state index in [9.17, 15) is 9.90 Å². The van der Waals surface area contributed by atoms with Gasteiger partial charge in [-0.25, -0.2) is 4.98 Å². The van der Waals surface area contributed by atoms with Gasteiger partial charge in [-0.1, -0.05) is 13.0 Å². The van der Waals surface area contributed by atoms with Crippen molar-refractivity contribution in [2.75, 3.05) is 5.32 Å². The van der Waals surface area contributed by atoms with Gasteiger partial charge in [0.25, 0.3) is 0 Å². The smallest absolute Gasteiger partial charge is 0.225 e. The molecule has 0 aliphatic carbocycles. The van der Waals surface area contributed by atoms with Gasteiger partial charge in [0.2, 0.25) is 11.8 Å². The topological polar surface area (TPSA) is 90.9 Å². The van der Waals surface area contributed by atoms with Crippen LogP contribution in [0, 0.1) is 0 Å². The Morgan fingerprint density at radius 2 is 2.09 bits per heavy atom. The largest absolute Gasteiger partial charge is 0.493 e. The van der Waals surface area contributed by atoms with Crippen LogP contribution in [0.3, 0.4) is 0 Å². The number of amides is 1. The molecule has 0 radical (unpaired) electrons. The molecule has 22 heavy (non-hydrogen) atoms. The number of aromatic hydroxyl groups is 1. The van der Waals surface area contributed by atoms with Gasteiger partial charge < -0.3 is 10.4 Å². The molecule has 112 valence electrons. The summed E-state index contributed by atoms with van der Waals surface area (Å²) in [6.07, 6.45) is 2.88. The Morgan fingerprint density at radius 3 is 2.82 bits per heavy atom. The lowest BCUT2D eigenvalue weighted by molar-refractivity contribution is -0.116. The average Bonchev–Trinajstić information content (AvgIpc) is 2.90. The van der Waals surface area contributed by atoms with Crippen LogP contribution in [0.1, 0.15) is 19.8 Å². The second kappa shape index (κ2) is 5.85. The third-order valence-corrected chi connectivity index (χ3v) is 3.38. The monoisotopic (exact) mass is 296 g/mol. The number of benzene rings is 1. The number of rotatable bonds is 4. The van der Waals surface area contributed by atoms with Crippen LogP contribution in [-0.4, -0.2) is 26.2 Å². The quantitative estimate of drug-likeness (QED) is 0.690. The summed E-state index contributed by atoms with van der Waals surface area (Å²) in [7, 11) is 0. The van der Waals surface area contributed by atoms with Gasteiger partial charge in [0.05, 0.1) is 5.52 Å². The van der Waals surface area contributed by atoms with E-state index in [-0.39, 0.29) is 11.8 Å². The molecule has 3 N–H and O–H groups in total. The summed E-state index contributed by atoms with van der Waals surface area (Å²) < 4.78 is 0. The molecule has 2 heterocycles. The van der Waals surface area contributed by atoms with E-state index in [1.54, 1.807) is 18.3 Å². The highest BCUT2D eigenvalue weighted by Gasteiger charge is 2.10. The molecule has 0 fully saturated rings. The zero-order chi connectivity index (χ0) is 15.5. The molecule has 0 atom stereocenters. The highest BCUT2D eigenvalue weighted by molar-refractivity contribution is 6.00. The summed E-state index contributed by atoms with van der Waals surface area (Å²) in [4.78, 5) is 15.6. The van der Waals surface area contributed by atoms with Crippen LogP contribution in [0.4, 0.5) is 5.82 Å². The van der Waals surface area contributed by atoms with Crippen molar-refractivity contribution in [2.24, 2.45) is 0 Å². The summed E-state index contributed by atoms with van der Waals surface area (Å²) in [5, 5.41) is 20.0. The Hall–Kier alpha value is -2.89. The number of carbonyl (C=O) groups is 1. The SMILES string of the molecule is CCCC(=O)Nc1n[nH]c2cc(-c3ccc(O)nc3)ccc12.